The van der Waals surface area contributed by atoms with E-state index in [1.807, 2.05) is 55.5 Å². The van der Waals surface area contributed by atoms with Crippen LogP contribution in [0.3, 0.4) is 0 Å². The van der Waals surface area contributed by atoms with Gasteiger partial charge in [0, 0.05) is 17.5 Å². The summed E-state index contributed by atoms with van der Waals surface area (Å²) in [5.74, 6) is 1.39. The molecule has 0 spiro atoms. The van der Waals surface area contributed by atoms with Gasteiger partial charge < -0.3 is 14.4 Å². The van der Waals surface area contributed by atoms with Gasteiger partial charge in [-0.1, -0.05) is 36.4 Å². The number of fused-ring (bicyclic) bond motifs is 2. The fourth-order valence-electron chi connectivity index (χ4n) is 3.54. The molecule has 144 valence electrons. The first-order valence-corrected chi connectivity index (χ1v) is 10.2. The molecule has 0 bridgehead atoms. The van der Waals surface area contributed by atoms with Gasteiger partial charge in [-0.2, -0.15) is 0 Å². The van der Waals surface area contributed by atoms with Crippen molar-refractivity contribution < 1.29 is 14.3 Å². The molecule has 1 aliphatic rings. The zero-order chi connectivity index (χ0) is 19.8. The van der Waals surface area contributed by atoms with Crippen molar-refractivity contribution >= 4 is 33.7 Å². The fourth-order valence-corrected chi connectivity index (χ4v) is 4.40. The van der Waals surface area contributed by atoms with Crippen LogP contribution in [0.2, 0.25) is 0 Å². The van der Waals surface area contributed by atoms with Crippen molar-refractivity contribution in [2.45, 2.75) is 6.92 Å². The molecular formula is C23H18N2O3S. The molecule has 0 saturated carbocycles. The van der Waals surface area contributed by atoms with Crippen molar-refractivity contribution in [2.24, 2.45) is 0 Å². The Bertz CT molecular complexity index is 1210. The SMILES string of the molecule is CCN(C(=O)c1cnc(-c2ccc3c(c2)OCO3)s1)c1cccc2ccccc12. The maximum absolute atomic E-state index is 13.3. The lowest BCUT2D eigenvalue weighted by atomic mass is 10.1. The Morgan fingerprint density at radius 2 is 1.90 bits per heavy atom. The van der Waals surface area contributed by atoms with Crippen molar-refractivity contribution in [3.63, 3.8) is 0 Å². The average Bonchev–Trinajstić information content (AvgIpc) is 3.43. The quantitative estimate of drug-likeness (QED) is 0.461. The predicted octanol–water partition coefficient (Wildman–Crippen LogP) is 5.36. The molecule has 0 unspecified atom stereocenters. The Hall–Kier alpha value is -3.38. The minimum atomic E-state index is -0.0478. The summed E-state index contributed by atoms with van der Waals surface area (Å²) in [6, 6.07) is 19.8. The van der Waals surface area contributed by atoms with Gasteiger partial charge in [0.05, 0.1) is 11.9 Å². The lowest BCUT2D eigenvalue weighted by Gasteiger charge is -2.22. The van der Waals surface area contributed by atoms with Gasteiger partial charge in [0.15, 0.2) is 11.5 Å². The Morgan fingerprint density at radius 3 is 2.79 bits per heavy atom. The molecular weight excluding hydrogens is 384 g/mol. The molecule has 2 heterocycles. The van der Waals surface area contributed by atoms with Gasteiger partial charge in [-0.05, 0) is 36.6 Å². The molecule has 0 N–H and O–H groups in total. The van der Waals surface area contributed by atoms with Crippen molar-refractivity contribution in [3.05, 3.63) is 71.7 Å². The molecule has 0 radical (unpaired) electrons. The number of carbonyl (C=O) groups is 1. The van der Waals surface area contributed by atoms with E-state index in [0.29, 0.717) is 17.2 Å². The summed E-state index contributed by atoms with van der Waals surface area (Å²) in [6.07, 6.45) is 1.65. The Kier molecular flexibility index (Phi) is 4.41. The second-order valence-corrected chi connectivity index (χ2v) is 7.68. The zero-order valence-corrected chi connectivity index (χ0v) is 16.6. The summed E-state index contributed by atoms with van der Waals surface area (Å²) in [5, 5.41) is 2.95. The summed E-state index contributed by atoms with van der Waals surface area (Å²) in [5.41, 5.74) is 1.82. The molecule has 1 aromatic heterocycles. The number of ether oxygens (including phenoxy) is 2. The second-order valence-electron chi connectivity index (χ2n) is 6.65. The summed E-state index contributed by atoms with van der Waals surface area (Å²) < 4.78 is 10.8. The van der Waals surface area contributed by atoms with Crippen molar-refractivity contribution in [3.8, 4) is 22.1 Å². The van der Waals surface area contributed by atoms with Gasteiger partial charge in [0.1, 0.15) is 9.88 Å². The van der Waals surface area contributed by atoms with Gasteiger partial charge in [0.25, 0.3) is 5.91 Å². The predicted molar refractivity (Wildman–Crippen MR) is 115 cm³/mol. The molecule has 1 aliphatic heterocycles. The smallest absolute Gasteiger partial charge is 0.270 e. The molecule has 1 amide bonds. The Morgan fingerprint density at radius 1 is 1.07 bits per heavy atom. The topological polar surface area (TPSA) is 51.7 Å². The van der Waals surface area contributed by atoms with Crippen molar-refractivity contribution in [1.82, 2.24) is 4.98 Å². The first-order chi connectivity index (χ1) is 14.2. The highest BCUT2D eigenvalue weighted by Crippen LogP contribution is 2.37. The number of carbonyl (C=O) groups excluding carboxylic acids is 1. The first-order valence-electron chi connectivity index (χ1n) is 9.40. The first kappa shape index (κ1) is 17.7. The van der Waals surface area contributed by atoms with Gasteiger partial charge in [-0.15, -0.1) is 11.3 Å². The van der Waals surface area contributed by atoms with Crippen LogP contribution in [-0.4, -0.2) is 24.2 Å². The van der Waals surface area contributed by atoms with Crippen LogP contribution in [0.5, 0.6) is 11.5 Å². The van der Waals surface area contributed by atoms with Crippen LogP contribution in [0.15, 0.2) is 66.9 Å². The van der Waals surface area contributed by atoms with E-state index in [4.69, 9.17) is 9.47 Å². The molecule has 5 nitrogen and oxygen atoms in total. The van der Waals surface area contributed by atoms with E-state index in [-0.39, 0.29) is 12.7 Å². The largest absolute Gasteiger partial charge is 0.454 e. The monoisotopic (exact) mass is 402 g/mol. The maximum Gasteiger partial charge on any atom is 0.270 e. The van der Waals surface area contributed by atoms with E-state index < -0.39 is 0 Å². The van der Waals surface area contributed by atoms with Crippen molar-refractivity contribution in [2.75, 3.05) is 18.2 Å². The molecule has 4 aromatic rings. The minimum absolute atomic E-state index is 0.0478. The highest BCUT2D eigenvalue weighted by Gasteiger charge is 2.22. The number of nitrogens with zero attached hydrogens (tertiary/aromatic N) is 2. The summed E-state index contributed by atoms with van der Waals surface area (Å²) in [4.78, 5) is 20.2. The minimum Gasteiger partial charge on any atom is -0.454 e. The number of amides is 1. The lowest BCUT2D eigenvalue weighted by Crippen LogP contribution is -2.30. The molecule has 0 saturated heterocycles. The number of aromatic nitrogens is 1. The number of rotatable bonds is 4. The van der Waals surface area contributed by atoms with Crippen LogP contribution in [-0.2, 0) is 0 Å². The molecule has 0 aliphatic carbocycles. The highest BCUT2D eigenvalue weighted by molar-refractivity contribution is 7.17. The third-order valence-corrected chi connectivity index (χ3v) is 5.99. The number of thiazole rings is 1. The molecule has 0 atom stereocenters. The van der Waals surface area contributed by atoms with Crippen LogP contribution in [0.25, 0.3) is 21.3 Å². The van der Waals surface area contributed by atoms with E-state index >= 15 is 0 Å². The molecule has 29 heavy (non-hydrogen) atoms. The van der Waals surface area contributed by atoms with Crippen LogP contribution in [0.1, 0.15) is 16.6 Å². The molecule has 0 fully saturated rings. The molecule has 6 heteroatoms. The summed E-state index contributed by atoms with van der Waals surface area (Å²) >= 11 is 1.38. The fraction of sp³-hybridized carbons (Fsp3) is 0.130. The van der Waals surface area contributed by atoms with Crippen LogP contribution < -0.4 is 14.4 Å². The number of hydrogen-bond donors (Lipinski definition) is 0. The summed E-state index contributed by atoms with van der Waals surface area (Å²) in [6.45, 7) is 2.79. The average molecular weight is 402 g/mol. The second kappa shape index (κ2) is 7.22. The Balaban J connectivity index is 1.48. The number of hydrogen-bond acceptors (Lipinski definition) is 5. The van der Waals surface area contributed by atoms with Crippen LogP contribution in [0.4, 0.5) is 5.69 Å². The van der Waals surface area contributed by atoms with Gasteiger partial charge in [0.2, 0.25) is 6.79 Å². The molecule has 5 rings (SSSR count). The van der Waals surface area contributed by atoms with E-state index in [0.717, 1.165) is 32.8 Å². The van der Waals surface area contributed by atoms with Gasteiger partial charge >= 0.3 is 0 Å². The van der Waals surface area contributed by atoms with Crippen LogP contribution in [0, 0.1) is 0 Å². The van der Waals surface area contributed by atoms with E-state index in [2.05, 4.69) is 17.1 Å². The number of anilines is 1. The summed E-state index contributed by atoms with van der Waals surface area (Å²) in [7, 11) is 0. The van der Waals surface area contributed by atoms with Crippen LogP contribution >= 0.6 is 11.3 Å². The maximum atomic E-state index is 13.3. The van der Waals surface area contributed by atoms with Gasteiger partial charge in [-0.25, -0.2) is 4.98 Å². The lowest BCUT2D eigenvalue weighted by molar-refractivity contribution is 0.0992. The molecule has 3 aromatic carbocycles. The number of benzene rings is 3. The third kappa shape index (κ3) is 3.11. The van der Waals surface area contributed by atoms with Gasteiger partial charge in [-0.3, -0.25) is 4.79 Å². The highest BCUT2D eigenvalue weighted by atomic mass is 32.1. The normalized spacial score (nSPS) is 12.3. The Labute approximate surface area is 172 Å². The zero-order valence-electron chi connectivity index (χ0n) is 15.8. The third-order valence-electron chi connectivity index (χ3n) is 4.95. The van der Waals surface area contributed by atoms with E-state index in [1.165, 1.54) is 11.3 Å². The standard InChI is InChI=1S/C23H18N2O3S/c1-2-25(18-9-5-7-15-6-3-4-8-17(15)18)23(26)21-13-24-22(29-21)16-10-11-19-20(12-16)28-14-27-19/h3-13H,2,14H2,1H3. The van der Waals surface area contributed by atoms with Crippen molar-refractivity contribution in [1.29, 1.82) is 0 Å². The van der Waals surface area contributed by atoms with E-state index in [1.54, 1.807) is 11.1 Å². The van der Waals surface area contributed by atoms with E-state index in [9.17, 15) is 4.79 Å².